The van der Waals surface area contributed by atoms with Crippen LogP contribution < -0.4 is 10.2 Å². The van der Waals surface area contributed by atoms with Crippen molar-refractivity contribution in [2.45, 2.75) is 26.4 Å². The molecule has 4 aromatic rings. The highest BCUT2D eigenvalue weighted by Gasteiger charge is 2.26. The Kier molecular flexibility index (Phi) is 5.36. The molecule has 166 valence electrons. The number of aromatic nitrogens is 5. The van der Waals surface area contributed by atoms with Crippen LogP contribution in [0.1, 0.15) is 30.7 Å². The normalized spacial score (nSPS) is 16.7. The smallest absolute Gasteiger partial charge is 0.153 e. The molecule has 0 radical (unpaired) electrons. The van der Waals surface area contributed by atoms with Gasteiger partial charge in [0.05, 0.1) is 34.8 Å². The average molecular weight is 441 g/mol. The van der Waals surface area contributed by atoms with Crippen molar-refractivity contribution in [2.75, 3.05) is 23.3 Å². The summed E-state index contributed by atoms with van der Waals surface area (Å²) in [4.78, 5) is 11.5. The Morgan fingerprint density at radius 3 is 2.79 bits per heavy atom. The minimum atomic E-state index is -0.652. The van der Waals surface area contributed by atoms with Gasteiger partial charge in [-0.25, -0.2) is 9.97 Å². The molecule has 0 saturated carbocycles. The van der Waals surface area contributed by atoms with Crippen molar-refractivity contribution in [3.8, 4) is 11.9 Å². The Hall–Kier alpha value is -4.03. The molecule has 9 nitrogen and oxygen atoms in total. The van der Waals surface area contributed by atoms with Gasteiger partial charge in [-0.2, -0.15) is 10.4 Å². The van der Waals surface area contributed by atoms with E-state index in [1.165, 1.54) is 0 Å². The van der Waals surface area contributed by atoms with Crippen molar-refractivity contribution in [1.29, 1.82) is 5.26 Å². The number of imidazole rings is 1. The Morgan fingerprint density at radius 1 is 1.18 bits per heavy atom. The molecule has 2 atom stereocenters. The first kappa shape index (κ1) is 20.8. The molecule has 3 aromatic heterocycles. The zero-order valence-corrected chi connectivity index (χ0v) is 18.5. The number of aryl methyl sites for hydroxylation is 1. The quantitative estimate of drug-likeness (QED) is 0.483. The molecule has 4 heterocycles. The van der Waals surface area contributed by atoms with Gasteiger partial charge < -0.3 is 15.3 Å². The molecule has 0 amide bonds. The highest BCUT2D eigenvalue weighted by Crippen LogP contribution is 2.31. The van der Waals surface area contributed by atoms with Crippen molar-refractivity contribution in [3.63, 3.8) is 0 Å². The molecule has 33 heavy (non-hydrogen) atoms. The molecule has 1 saturated heterocycles. The summed E-state index contributed by atoms with van der Waals surface area (Å²) in [5.74, 6) is 2.08. The number of nitriles is 1. The number of fused-ring (bicyclic) bond motifs is 1. The summed E-state index contributed by atoms with van der Waals surface area (Å²) < 4.78 is 1.93. The molecular formula is C24H24N8O. The Bertz CT molecular complexity index is 1340. The molecular weight excluding hydrogens is 416 g/mol. The van der Waals surface area contributed by atoms with Gasteiger partial charge in [-0.15, -0.1) is 5.10 Å². The number of anilines is 3. The van der Waals surface area contributed by atoms with E-state index in [0.717, 1.165) is 46.8 Å². The van der Waals surface area contributed by atoms with Crippen molar-refractivity contribution < 1.29 is 5.11 Å². The van der Waals surface area contributed by atoms with E-state index in [0.29, 0.717) is 18.2 Å². The van der Waals surface area contributed by atoms with E-state index < -0.39 is 6.10 Å². The number of nitrogens with one attached hydrogen (secondary N) is 1. The highest BCUT2D eigenvalue weighted by atomic mass is 16.3. The SMILES string of the molecule is Cc1ccc(Nc2ccc3c(c2)ncn3-c2ccc(C(C)O)c(N3CC[C@@H](C#N)C3)n2)nn1. The van der Waals surface area contributed by atoms with E-state index in [2.05, 4.69) is 31.5 Å². The molecule has 0 aliphatic carbocycles. The van der Waals surface area contributed by atoms with Crippen LogP contribution >= 0.6 is 0 Å². The molecule has 1 aliphatic rings. The Labute approximate surface area is 191 Å². The van der Waals surface area contributed by atoms with E-state index >= 15 is 0 Å². The number of rotatable bonds is 5. The molecule has 0 spiro atoms. The largest absolute Gasteiger partial charge is 0.389 e. The molecule has 9 heteroatoms. The van der Waals surface area contributed by atoms with Gasteiger partial charge in [0.1, 0.15) is 18.0 Å². The minimum Gasteiger partial charge on any atom is -0.389 e. The topological polar surface area (TPSA) is 116 Å². The molecule has 1 fully saturated rings. The van der Waals surface area contributed by atoms with Crippen LogP contribution in [0.25, 0.3) is 16.9 Å². The van der Waals surface area contributed by atoms with E-state index in [-0.39, 0.29) is 5.92 Å². The molecule has 0 bridgehead atoms. The van der Waals surface area contributed by atoms with Crippen LogP contribution in [0.5, 0.6) is 0 Å². The number of hydrogen-bond donors (Lipinski definition) is 2. The average Bonchev–Trinajstić information content (AvgIpc) is 3.47. The lowest BCUT2D eigenvalue weighted by atomic mass is 10.1. The summed E-state index contributed by atoms with van der Waals surface area (Å²) in [5.41, 5.74) is 4.21. The summed E-state index contributed by atoms with van der Waals surface area (Å²) in [7, 11) is 0. The van der Waals surface area contributed by atoms with Crippen LogP contribution in [0, 0.1) is 24.2 Å². The number of nitrogens with zero attached hydrogens (tertiary/aromatic N) is 7. The van der Waals surface area contributed by atoms with Gasteiger partial charge >= 0.3 is 0 Å². The maximum atomic E-state index is 10.3. The second-order valence-corrected chi connectivity index (χ2v) is 8.32. The van der Waals surface area contributed by atoms with Gasteiger partial charge in [0, 0.05) is 24.3 Å². The third-order valence-corrected chi connectivity index (χ3v) is 5.88. The van der Waals surface area contributed by atoms with E-state index in [9.17, 15) is 10.4 Å². The third-order valence-electron chi connectivity index (χ3n) is 5.88. The first-order valence-electron chi connectivity index (χ1n) is 10.9. The lowest BCUT2D eigenvalue weighted by Gasteiger charge is -2.22. The lowest BCUT2D eigenvalue weighted by Crippen LogP contribution is -2.23. The predicted molar refractivity (Wildman–Crippen MR) is 125 cm³/mol. The fraction of sp³-hybridized carbons (Fsp3) is 0.292. The first-order valence-corrected chi connectivity index (χ1v) is 10.9. The van der Waals surface area contributed by atoms with Crippen LogP contribution in [-0.2, 0) is 0 Å². The summed E-state index contributed by atoms with van der Waals surface area (Å²) >= 11 is 0. The third kappa shape index (κ3) is 4.08. The standard InChI is InChI=1S/C24H24N8O/c1-15-3-7-22(30-29-15)27-18-4-6-21-20(11-18)26-14-32(21)23-8-5-19(16(2)33)24(28-23)31-10-9-17(12-25)13-31/h3-8,11,14,16-17,33H,9-10,13H2,1-2H3,(H,27,30)/t16?,17-/m0/s1. The molecule has 1 aliphatic heterocycles. The number of hydrogen-bond acceptors (Lipinski definition) is 8. The fourth-order valence-corrected chi connectivity index (χ4v) is 4.11. The molecule has 1 aromatic carbocycles. The Balaban J connectivity index is 1.48. The molecule has 2 N–H and O–H groups in total. The van der Waals surface area contributed by atoms with E-state index in [1.807, 2.05) is 54.0 Å². The van der Waals surface area contributed by atoms with Crippen LogP contribution in [0.3, 0.4) is 0 Å². The van der Waals surface area contributed by atoms with Crippen LogP contribution in [0.15, 0.2) is 48.8 Å². The summed E-state index contributed by atoms with van der Waals surface area (Å²) in [6, 6.07) is 15.8. The zero-order valence-electron chi connectivity index (χ0n) is 18.5. The van der Waals surface area contributed by atoms with Crippen molar-refractivity contribution in [2.24, 2.45) is 5.92 Å². The predicted octanol–water partition coefficient (Wildman–Crippen LogP) is 3.67. The van der Waals surface area contributed by atoms with Crippen LogP contribution in [0.2, 0.25) is 0 Å². The van der Waals surface area contributed by atoms with Gasteiger partial charge in [0.25, 0.3) is 0 Å². The van der Waals surface area contributed by atoms with Gasteiger partial charge in [-0.05, 0) is 62.7 Å². The lowest BCUT2D eigenvalue weighted by molar-refractivity contribution is 0.199. The maximum Gasteiger partial charge on any atom is 0.153 e. The number of benzene rings is 1. The van der Waals surface area contributed by atoms with Crippen molar-refractivity contribution in [3.05, 3.63) is 60.0 Å². The molecule has 5 rings (SSSR count). The monoisotopic (exact) mass is 440 g/mol. The number of pyridine rings is 1. The van der Waals surface area contributed by atoms with Gasteiger partial charge in [-0.3, -0.25) is 4.57 Å². The van der Waals surface area contributed by atoms with Crippen molar-refractivity contribution >= 4 is 28.4 Å². The second kappa shape index (κ2) is 8.48. The summed E-state index contributed by atoms with van der Waals surface area (Å²) in [6.07, 6.45) is 1.90. The maximum absolute atomic E-state index is 10.3. The van der Waals surface area contributed by atoms with Crippen LogP contribution in [0.4, 0.5) is 17.3 Å². The number of aliphatic hydroxyl groups is 1. The first-order chi connectivity index (χ1) is 16.0. The van der Waals surface area contributed by atoms with Gasteiger partial charge in [0.15, 0.2) is 5.82 Å². The van der Waals surface area contributed by atoms with Crippen LogP contribution in [-0.4, -0.2) is 42.9 Å². The van der Waals surface area contributed by atoms with Crippen molar-refractivity contribution in [1.82, 2.24) is 24.7 Å². The van der Waals surface area contributed by atoms with Gasteiger partial charge in [-0.1, -0.05) is 0 Å². The highest BCUT2D eigenvalue weighted by molar-refractivity contribution is 5.82. The van der Waals surface area contributed by atoms with Gasteiger partial charge in [0.2, 0.25) is 0 Å². The fourth-order valence-electron chi connectivity index (χ4n) is 4.11. The zero-order chi connectivity index (χ0) is 22.9. The Morgan fingerprint density at radius 2 is 2.06 bits per heavy atom. The molecule has 1 unspecified atom stereocenters. The van der Waals surface area contributed by atoms with E-state index in [1.54, 1.807) is 13.3 Å². The summed E-state index contributed by atoms with van der Waals surface area (Å²) in [6.45, 7) is 5.00. The second-order valence-electron chi connectivity index (χ2n) is 8.32. The summed E-state index contributed by atoms with van der Waals surface area (Å²) in [5, 5.41) is 31.0. The number of aliphatic hydroxyl groups excluding tert-OH is 1. The van der Waals surface area contributed by atoms with E-state index in [4.69, 9.17) is 4.98 Å². The minimum absolute atomic E-state index is 0.0180.